The van der Waals surface area contributed by atoms with Crippen LogP contribution >= 0.6 is 0 Å². The molecule has 0 saturated heterocycles. The van der Waals surface area contributed by atoms with Crippen molar-refractivity contribution in [3.8, 4) is 0 Å². The minimum absolute atomic E-state index is 0.0911. The van der Waals surface area contributed by atoms with Crippen molar-refractivity contribution in [1.29, 1.82) is 0 Å². The molecule has 1 aliphatic carbocycles. The summed E-state index contributed by atoms with van der Waals surface area (Å²) in [5, 5.41) is 9.77. The number of hydrogen-bond acceptors (Lipinski definition) is 3. The van der Waals surface area contributed by atoms with Crippen LogP contribution in [0.3, 0.4) is 0 Å². The maximum Gasteiger partial charge on any atom is 0.435 e. The van der Waals surface area contributed by atoms with Gasteiger partial charge in [0.1, 0.15) is 5.82 Å². The number of alkyl halides is 3. The summed E-state index contributed by atoms with van der Waals surface area (Å²) in [5.41, 5.74) is 4.73. The maximum absolute atomic E-state index is 12.9. The minimum atomic E-state index is -4.52. The van der Waals surface area contributed by atoms with Gasteiger partial charge in [-0.2, -0.15) is 23.4 Å². The van der Waals surface area contributed by atoms with Gasteiger partial charge in [-0.1, -0.05) is 0 Å². The second-order valence-corrected chi connectivity index (χ2v) is 4.70. The zero-order valence-corrected chi connectivity index (χ0v) is 9.62. The van der Waals surface area contributed by atoms with E-state index in [2.05, 4.69) is 15.3 Å². The van der Waals surface area contributed by atoms with Gasteiger partial charge in [-0.25, -0.2) is 4.68 Å². The van der Waals surface area contributed by atoms with E-state index >= 15 is 0 Å². The molecule has 0 bridgehead atoms. The fourth-order valence-corrected chi connectivity index (χ4v) is 2.21. The predicted octanol–water partition coefficient (Wildman–Crippen LogP) is 2.33. The fraction of sp³-hybridized carbons (Fsp3) is 0.600. The van der Waals surface area contributed by atoms with Crippen molar-refractivity contribution in [3.05, 3.63) is 5.69 Å². The van der Waals surface area contributed by atoms with Crippen LogP contribution in [0.1, 0.15) is 31.5 Å². The number of nitrogens with zero attached hydrogens (tertiary/aromatic N) is 3. The van der Waals surface area contributed by atoms with Crippen molar-refractivity contribution < 1.29 is 13.2 Å². The van der Waals surface area contributed by atoms with Crippen LogP contribution in [0.4, 0.5) is 19.0 Å². The van der Waals surface area contributed by atoms with E-state index in [0.717, 1.165) is 12.8 Å². The van der Waals surface area contributed by atoms with Crippen molar-refractivity contribution in [2.24, 2.45) is 5.92 Å². The first kappa shape index (κ1) is 11.4. The van der Waals surface area contributed by atoms with Gasteiger partial charge in [0.15, 0.2) is 11.3 Å². The lowest BCUT2D eigenvalue weighted by molar-refractivity contribution is -0.140. The average Bonchev–Trinajstić information content (AvgIpc) is 2.94. The lowest BCUT2D eigenvalue weighted by Crippen LogP contribution is -2.13. The highest BCUT2D eigenvalue weighted by atomic mass is 19.4. The van der Waals surface area contributed by atoms with Crippen LogP contribution in [-0.2, 0) is 6.18 Å². The second kappa shape index (κ2) is 3.39. The van der Waals surface area contributed by atoms with E-state index in [1.807, 2.05) is 6.92 Å². The highest BCUT2D eigenvalue weighted by Gasteiger charge is 2.40. The Morgan fingerprint density at radius 3 is 2.67 bits per heavy atom. The monoisotopic (exact) mass is 259 g/mol. The number of nitrogen functional groups attached to an aromatic ring is 1. The Hall–Kier alpha value is -1.73. The molecule has 5 nitrogen and oxygen atoms in total. The van der Waals surface area contributed by atoms with Crippen LogP contribution in [0.15, 0.2) is 0 Å². The number of H-pyrrole nitrogens is 1. The van der Waals surface area contributed by atoms with E-state index in [4.69, 9.17) is 5.73 Å². The van der Waals surface area contributed by atoms with Gasteiger partial charge in [0.05, 0.1) is 11.4 Å². The highest BCUT2D eigenvalue weighted by molar-refractivity contribution is 5.89. The number of hydrogen-bond donors (Lipinski definition) is 2. The third-order valence-electron chi connectivity index (χ3n) is 3.40. The second-order valence-electron chi connectivity index (χ2n) is 4.70. The minimum Gasteiger partial charge on any atom is -0.383 e. The van der Waals surface area contributed by atoms with Gasteiger partial charge >= 0.3 is 6.18 Å². The van der Waals surface area contributed by atoms with Crippen molar-refractivity contribution in [2.45, 2.75) is 32.0 Å². The Morgan fingerprint density at radius 2 is 2.11 bits per heavy atom. The van der Waals surface area contributed by atoms with Crippen LogP contribution in [0, 0.1) is 5.92 Å². The van der Waals surface area contributed by atoms with Crippen molar-refractivity contribution in [3.63, 3.8) is 0 Å². The Balaban J connectivity index is 2.21. The van der Waals surface area contributed by atoms with Crippen molar-refractivity contribution in [2.75, 3.05) is 5.73 Å². The lowest BCUT2D eigenvalue weighted by atomic mass is 10.2. The lowest BCUT2D eigenvalue weighted by Gasteiger charge is -2.10. The highest BCUT2D eigenvalue weighted by Crippen LogP contribution is 2.42. The molecule has 0 aliphatic heterocycles. The van der Waals surface area contributed by atoms with Gasteiger partial charge in [-0.3, -0.25) is 5.10 Å². The molecule has 1 unspecified atom stereocenters. The topological polar surface area (TPSA) is 72.5 Å². The number of anilines is 1. The molecule has 18 heavy (non-hydrogen) atoms. The standard InChI is InChI=1S/C10H12F3N5/c1-4(5-2-3-5)18-9-6(8(14)15-16-9)7(17-18)10(11,12)13/h4-5H,2-3H2,1H3,(H3,14,15,16). The fourth-order valence-electron chi connectivity index (χ4n) is 2.21. The molecule has 2 aromatic heterocycles. The van der Waals surface area contributed by atoms with Crippen LogP contribution < -0.4 is 5.73 Å². The van der Waals surface area contributed by atoms with Gasteiger partial charge < -0.3 is 5.73 Å². The molecule has 2 aromatic rings. The van der Waals surface area contributed by atoms with Crippen LogP contribution in [-0.4, -0.2) is 20.0 Å². The summed E-state index contributed by atoms with van der Waals surface area (Å²) in [6.07, 6.45) is -2.49. The van der Waals surface area contributed by atoms with Gasteiger partial charge in [0, 0.05) is 0 Å². The largest absolute Gasteiger partial charge is 0.435 e. The van der Waals surface area contributed by atoms with E-state index in [0.29, 0.717) is 5.92 Å². The molecule has 0 radical (unpaired) electrons. The predicted molar refractivity (Wildman–Crippen MR) is 58.7 cm³/mol. The van der Waals surface area contributed by atoms with Crippen LogP contribution in [0.25, 0.3) is 11.0 Å². The molecule has 0 spiro atoms. The van der Waals surface area contributed by atoms with Gasteiger partial charge in [-0.05, 0) is 25.7 Å². The molecule has 1 aliphatic rings. The zero-order valence-electron chi connectivity index (χ0n) is 9.62. The summed E-state index contributed by atoms with van der Waals surface area (Å²) < 4.78 is 40.0. The Bertz CT molecular complexity index is 592. The molecule has 3 rings (SSSR count). The van der Waals surface area contributed by atoms with Gasteiger partial charge in [-0.15, -0.1) is 0 Å². The Kier molecular flexibility index (Phi) is 2.14. The van der Waals surface area contributed by atoms with Crippen molar-refractivity contribution >= 4 is 16.9 Å². The number of fused-ring (bicyclic) bond motifs is 1. The van der Waals surface area contributed by atoms with E-state index in [9.17, 15) is 13.2 Å². The quantitative estimate of drug-likeness (QED) is 0.869. The van der Waals surface area contributed by atoms with Crippen molar-refractivity contribution in [1.82, 2.24) is 20.0 Å². The Labute approximate surface area is 100 Å². The molecule has 3 N–H and O–H groups in total. The average molecular weight is 259 g/mol. The number of aromatic nitrogens is 4. The smallest absolute Gasteiger partial charge is 0.383 e. The molecule has 1 atom stereocenters. The summed E-state index contributed by atoms with van der Waals surface area (Å²) in [5.74, 6) is 0.290. The number of nitrogens with one attached hydrogen (secondary N) is 1. The van der Waals surface area contributed by atoms with Gasteiger partial charge in [0.2, 0.25) is 0 Å². The molecule has 8 heteroatoms. The van der Waals surface area contributed by atoms with E-state index < -0.39 is 11.9 Å². The molecule has 1 saturated carbocycles. The molecule has 0 amide bonds. The molecule has 1 fully saturated rings. The molecule has 2 heterocycles. The van der Waals surface area contributed by atoms with E-state index in [1.165, 1.54) is 4.68 Å². The number of nitrogens with two attached hydrogens (primary N) is 1. The van der Waals surface area contributed by atoms with E-state index in [-0.39, 0.29) is 22.9 Å². The summed E-state index contributed by atoms with van der Waals surface area (Å²) >= 11 is 0. The third-order valence-corrected chi connectivity index (χ3v) is 3.40. The number of rotatable bonds is 2. The maximum atomic E-state index is 12.9. The molecular weight excluding hydrogens is 247 g/mol. The van der Waals surface area contributed by atoms with E-state index in [1.54, 1.807) is 0 Å². The summed E-state index contributed by atoms with van der Waals surface area (Å²) in [4.78, 5) is 0. The summed E-state index contributed by atoms with van der Waals surface area (Å²) in [7, 11) is 0. The van der Waals surface area contributed by atoms with Crippen LogP contribution in [0.5, 0.6) is 0 Å². The number of halogens is 3. The normalized spacial score (nSPS) is 18.4. The molecular formula is C10H12F3N5. The first-order valence-corrected chi connectivity index (χ1v) is 5.69. The van der Waals surface area contributed by atoms with Gasteiger partial charge in [0.25, 0.3) is 0 Å². The number of aromatic amines is 1. The summed E-state index contributed by atoms with van der Waals surface area (Å²) in [6.45, 7) is 1.86. The summed E-state index contributed by atoms with van der Waals surface area (Å²) in [6, 6.07) is -0.0914. The van der Waals surface area contributed by atoms with Crippen LogP contribution in [0.2, 0.25) is 0 Å². The third kappa shape index (κ3) is 1.55. The zero-order chi connectivity index (χ0) is 13.1. The Morgan fingerprint density at radius 1 is 1.44 bits per heavy atom. The first-order chi connectivity index (χ1) is 8.39. The first-order valence-electron chi connectivity index (χ1n) is 5.69. The SMILES string of the molecule is CC(C1CC1)n1nc(C(F)(F)F)c2c(N)[nH]nc21. The molecule has 98 valence electrons. The molecule has 0 aromatic carbocycles.